The minimum absolute atomic E-state index is 0.0697. The molecule has 0 aromatic heterocycles. The Morgan fingerprint density at radius 1 is 1.59 bits per heavy atom. The molecule has 2 amide bonds. The number of aliphatic hydroxyl groups is 1. The van der Waals surface area contributed by atoms with Crippen molar-refractivity contribution < 1.29 is 14.7 Å². The van der Waals surface area contributed by atoms with E-state index in [1.54, 1.807) is 24.3 Å². The zero-order valence-corrected chi connectivity index (χ0v) is 9.79. The van der Waals surface area contributed by atoms with E-state index < -0.39 is 6.04 Å². The fourth-order valence-corrected chi connectivity index (χ4v) is 2.28. The maximum Gasteiger partial charge on any atom is 0.279 e. The SMILES string of the molecule is O=C1NC(C(=O)Nc2cccc(CO)c2)CS1. The zero-order valence-electron chi connectivity index (χ0n) is 8.97. The van der Waals surface area contributed by atoms with E-state index in [2.05, 4.69) is 10.6 Å². The molecule has 0 radical (unpaired) electrons. The van der Waals surface area contributed by atoms with Crippen molar-refractivity contribution in [2.75, 3.05) is 11.1 Å². The van der Waals surface area contributed by atoms with Crippen LogP contribution in [0.25, 0.3) is 0 Å². The minimum Gasteiger partial charge on any atom is -0.392 e. The molecule has 0 spiro atoms. The second-order valence-corrected chi connectivity index (χ2v) is 4.64. The van der Waals surface area contributed by atoms with Crippen molar-refractivity contribution in [1.82, 2.24) is 5.32 Å². The fourth-order valence-electron chi connectivity index (χ4n) is 1.50. The Balaban J connectivity index is 2.00. The van der Waals surface area contributed by atoms with Crippen LogP contribution in [0.15, 0.2) is 24.3 Å². The topological polar surface area (TPSA) is 78.4 Å². The molecule has 1 aromatic carbocycles. The molecule has 90 valence electrons. The second-order valence-electron chi connectivity index (χ2n) is 3.64. The summed E-state index contributed by atoms with van der Waals surface area (Å²) in [5.41, 5.74) is 1.35. The van der Waals surface area contributed by atoms with E-state index in [0.717, 1.165) is 17.3 Å². The molecule has 2 rings (SSSR count). The van der Waals surface area contributed by atoms with Gasteiger partial charge in [0, 0.05) is 11.4 Å². The highest BCUT2D eigenvalue weighted by molar-refractivity contribution is 8.14. The number of thioether (sulfide) groups is 1. The van der Waals surface area contributed by atoms with E-state index in [1.165, 1.54) is 0 Å². The summed E-state index contributed by atoms with van der Waals surface area (Å²) >= 11 is 1.10. The van der Waals surface area contributed by atoms with Gasteiger partial charge in [0.1, 0.15) is 6.04 Å². The van der Waals surface area contributed by atoms with Crippen molar-refractivity contribution in [3.63, 3.8) is 0 Å². The third-order valence-corrected chi connectivity index (χ3v) is 3.25. The van der Waals surface area contributed by atoms with Crippen molar-refractivity contribution in [3.05, 3.63) is 29.8 Å². The number of amides is 2. The van der Waals surface area contributed by atoms with Crippen molar-refractivity contribution in [2.24, 2.45) is 0 Å². The van der Waals surface area contributed by atoms with Crippen LogP contribution in [0.3, 0.4) is 0 Å². The molecule has 17 heavy (non-hydrogen) atoms. The van der Waals surface area contributed by atoms with Gasteiger partial charge in [-0.15, -0.1) is 0 Å². The lowest BCUT2D eigenvalue weighted by molar-refractivity contribution is -0.117. The number of rotatable bonds is 3. The van der Waals surface area contributed by atoms with Crippen molar-refractivity contribution in [2.45, 2.75) is 12.6 Å². The predicted octanol–water partition coefficient (Wildman–Crippen LogP) is 0.942. The van der Waals surface area contributed by atoms with E-state index in [4.69, 9.17) is 5.11 Å². The number of carbonyl (C=O) groups excluding carboxylic acids is 2. The molecule has 1 aliphatic rings. The maximum absolute atomic E-state index is 11.8. The molecule has 1 aromatic rings. The first-order valence-electron chi connectivity index (χ1n) is 5.13. The van der Waals surface area contributed by atoms with Gasteiger partial charge in [-0.2, -0.15) is 0 Å². The van der Waals surface area contributed by atoms with E-state index in [-0.39, 0.29) is 17.8 Å². The van der Waals surface area contributed by atoms with Gasteiger partial charge in [-0.1, -0.05) is 23.9 Å². The smallest absolute Gasteiger partial charge is 0.279 e. The van der Waals surface area contributed by atoms with Crippen molar-refractivity contribution in [3.8, 4) is 0 Å². The van der Waals surface area contributed by atoms with Gasteiger partial charge in [-0.05, 0) is 17.7 Å². The molecule has 1 aliphatic heterocycles. The van der Waals surface area contributed by atoms with Crippen LogP contribution in [0, 0.1) is 0 Å². The Labute approximate surface area is 103 Å². The Bertz CT molecular complexity index is 450. The van der Waals surface area contributed by atoms with E-state index in [0.29, 0.717) is 11.4 Å². The molecular formula is C11H12N2O3S. The van der Waals surface area contributed by atoms with Crippen LogP contribution in [-0.4, -0.2) is 28.0 Å². The van der Waals surface area contributed by atoms with Crippen molar-refractivity contribution in [1.29, 1.82) is 0 Å². The molecule has 6 heteroatoms. The highest BCUT2D eigenvalue weighted by Gasteiger charge is 2.27. The first-order chi connectivity index (χ1) is 8.19. The van der Waals surface area contributed by atoms with E-state index >= 15 is 0 Å². The molecule has 0 saturated carbocycles. The molecule has 1 atom stereocenters. The fraction of sp³-hybridized carbons (Fsp3) is 0.273. The Morgan fingerprint density at radius 2 is 2.41 bits per heavy atom. The average Bonchev–Trinajstić information content (AvgIpc) is 2.76. The molecule has 0 aliphatic carbocycles. The van der Waals surface area contributed by atoms with Crippen LogP contribution in [0.2, 0.25) is 0 Å². The van der Waals surface area contributed by atoms with Crippen molar-refractivity contribution >= 4 is 28.6 Å². The highest BCUT2D eigenvalue weighted by Crippen LogP contribution is 2.16. The van der Waals surface area contributed by atoms with Gasteiger partial charge in [0.25, 0.3) is 5.24 Å². The molecule has 1 saturated heterocycles. The predicted molar refractivity (Wildman–Crippen MR) is 65.8 cm³/mol. The Kier molecular flexibility index (Phi) is 3.65. The highest BCUT2D eigenvalue weighted by atomic mass is 32.2. The molecule has 1 fully saturated rings. The number of anilines is 1. The van der Waals surface area contributed by atoms with E-state index in [1.807, 2.05) is 0 Å². The van der Waals surface area contributed by atoms with Gasteiger partial charge in [-0.25, -0.2) is 0 Å². The Hall–Kier alpha value is -1.53. The number of nitrogens with one attached hydrogen (secondary N) is 2. The van der Waals surface area contributed by atoms with Crippen LogP contribution in [0.1, 0.15) is 5.56 Å². The average molecular weight is 252 g/mol. The standard InChI is InChI=1S/C11H12N2O3S/c14-5-7-2-1-3-8(4-7)12-10(15)9-6-17-11(16)13-9/h1-4,9,14H,5-6H2,(H,12,15)(H,13,16). The molecule has 3 N–H and O–H groups in total. The third kappa shape index (κ3) is 2.98. The molecule has 1 unspecified atom stereocenters. The summed E-state index contributed by atoms with van der Waals surface area (Å²) in [5, 5.41) is 14.1. The van der Waals surface area contributed by atoms with Gasteiger partial charge < -0.3 is 15.7 Å². The lowest BCUT2D eigenvalue weighted by Crippen LogP contribution is -2.38. The lowest BCUT2D eigenvalue weighted by atomic mass is 10.2. The summed E-state index contributed by atoms with van der Waals surface area (Å²) in [6.07, 6.45) is 0. The van der Waals surface area contributed by atoms with Crippen LogP contribution >= 0.6 is 11.8 Å². The van der Waals surface area contributed by atoms with Gasteiger partial charge in [-0.3, -0.25) is 9.59 Å². The number of benzene rings is 1. The van der Waals surface area contributed by atoms with Gasteiger partial charge in [0.2, 0.25) is 5.91 Å². The molecular weight excluding hydrogens is 240 g/mol. The largest absolute Gasteiger partial charge is 0.392 e. The summed E-state index contributed by atoms with van der Waals surface area (Å²) in [6, 6.07) is 6.47. The summed E-state index contributed by atoms with van der Waals surface area (Å²) in [5.74, 6) is 0.211. The van der Waals surface area contributed by atoms with E-state index in [9.17, 15) is 9.59 Å². The quantitative estimate of drug-likeness (QED) is 0.748. The molecule has 1 heterocycles. The number of aliphatic hydroxyl groups excluding tert-OH is 1. The second kappa shape index (κ2) is 5.20. The number of carbonyl (C=O) groups is 2. The summed E-state index contributed by atoms with van der Waals surface area (Å²) < 4.78 is 0. The van der Waals surface area contributed by atoms with Gasteiger partial charge in [0.05, 0.1) is 6.61 Å². The molecule has 0 bridgehead atoms. The minimum atomic E-state index is -0.481. The van der Waals surface area contributed by atoms with Gasteiger partial charge in [0.15, 0.2) is 0 Å². The summed E-state index contributed by atoms with van der Waals surface area (Å²) in [7, 11) is 0. The van der Waals surface area contributed by atoms with Gasteiger partial charge >= 0.3 is 0 Å². The molecule has 5 nitrogen and oxygen atoms in total. The first kappa shape index (κ1) is 11.9. The normalized spacial score (nSPS) is 18.9. The van der Waals surface area contributed by atoms with Crippen LogP contribution in [-0.2, 0) is 11.4 Å². The summed E-state index contributed by atoms with van der Waals surface area (Å²) in [6.45, 7) is -0.0697. The first-order valence-corrected chi connectivity index (χ1v) is 6.11. The zero-order chi connectivity index (χ0) is 12.3. The maximum atomic E-state index is 11.8. The third-order valence-electron chi connectivity index (χ3n) is 2.37. The monoisotopic (exact) mass is 252 g/mol. The van der Waals surface area contributed by atoms with Crippen LogP contribution < -0.4 is 10.6 Å². The summed E-state index contributed by atoms with van der Waals surface area (Å²) in [4.78, 5) is 22.7. The van der Waals surface area contributed by atoms with Crippen LogP contribution in [0.4, 0.5) is 10.5 Å². The van der Waals surface area contributed by atoms with Crippen LogP contribution in [0.5, 0.6) is 0 Å². The lowest BCUT2D eigenvalue weighted by Gasteiger charge is -2.10. The Morgan fingerprint density at radius 3 is 3.06 bits per heavy atom. The number of hydrogen-bond donors (Lipinski definition) is 3. The number of hydrogen-bond acceptors (Lipinski definition) is 4.